The first-order valence-electron chi connectivity index (χ1n) is 10.9. The third-order valence-electron chi connectivity index (χ3n) is 6.98. The van der Waals surface area contributed by atoms with Gasteiger partial charge in [-0.1, -0.05) is 55.3 Å². The first kappa shape index (κ1) is 19.0. The molecule has 3 aliphatic rings. The van der Waals surface area contributed by atoms with Gasteiger partial charge in [0.2, 0.25) is 5.91 Å². The number of hydrogen-bond acceptors (Lipinski definition) is 3. The average molecular weight is 402 g/mol. The van der Waals surface area contributed by atoms with E-state index in [1.54, 1.807) is 24.3 Å². The summed E-state index contributed by atoms with van der Waals surface area (Å²) < 4.78 is 0. The van der Waals surface area contributed by atoms with Crippen molar-refractivity contribution in [2.24, 2.45) is 11.8 Å². The zero-order chi connectivity index (χ0) is 20.7. The molecule has 3 atom stereocenters. The number of nitrogens with zero attached hydrogens (tertiary/aromatic N) is 2. The largest absolute Gasteiger partial charge is 0.340 e. The van der Waals surface area contributed by atoms with Crippen LogP contribution < -0.4 is 0 Å². The zero-order valence-corrected chi connectivity index (χ0v) is 17.0. The SMILES string of the molecule is O=C(C(Cc1ccccc1)N1C(=O)c2ccccc2C1=O)N1CC2CCCCC2C1. The van der Waals surface area contributed by atoms with Crippen molar-refractivity contribution in [1.29, 1.82) is 0 Å². The molecule has 5 heteroatoms. The highest BCUT2D eigenvalue weighted by molar-refractivity contribution is 6.22. The van der Waals surface area contributed by atoms with Gasteiger partial charge in [-0.15, -0.1) is 0 Å². The second kappa shape index (κ2) is 7.71. The molecule has 1 aliphatic carbocycles. The van der Waals surface area contributed by atoms with Crippen LogP contribution in [0.25, 0.3) is 0 Å². The molecule has 1 saturated heterocycles. The number of fused-ring (bicyclic) bond motifs is 2. The number of imide groups is 1. The van der Waals surface area contributed by atoms with Crippen molar-refractivity contribution >= 4 is 17.7 Å². The highest BCUT2D eigenvalue weighted by Gasteiger charge is 2.46. The number of amides is 3. The number of carbonyl (C=O) groups excluding carboxylic acids is 3. The van der Waals surface area contributed by atoms with Gasteiger partial charge in [0.05, 0.1) is 11.1 Å². The summed E-state index contributed by atoms with van der Waals surface area (Å²) in [7, 11) is 0. The van der Waals surface area contributed by atoms with Crippen LogP contribution in [0.5, 0.6) is 0 Å². The number of likely N-dealkylation sites (tertiary alicyclic amines) is 1. The number of carbonyl (C=O) groups is 3. The molecule has 0 radical (unpaired) electrons. The summed E-state index contributed by atoms with van der Waals surface area (Å²) >= 11 is 0. The van der Waals surface area contributed by atoms with Gasteiger partial charge in [-0.05, 0) is 42.4 Å². The Morgan fingerprint density at radius 3 is 1.93 bits per heavy atom. The Morgan fingerprint density at radius 2 is 1.37 bits per heavy atom. The van der Waals surface area contributed by atoms with Gasteiger partial charge in [0.25, 0.3) is 11.8 Å². The summed E-state index contributed by atoms with van der Waals surface area (Å²) in [6, 6.07) is 15.7. The van der Waals surface area contributed by atoms with E-state index in [0.717, 1.165) is 18.7 Å². The van der Waals surface area contributed by atoms with Crippen LogP contribution in [0.1, 0.15) is 52.0 Å². The van der Waals surface area contributed by atoms with Gasteiger partial charge in [0.15, 0.2) is 0 Å². The fraction of sp³-hybridized carbons (Fsp3) is 0.400. The van der Waals surface area contributed by atoms with Crippen LogP contribution in [0.3, 0.4) is 0 Å². The summed E-state index contributed by atoms with van der Waals surface area (Å²) in [5, 5.41) is 0. The van der Waals surface area contributed by atoms with Crippen LogP contribution in [-0.2, 0) is 11.2 Å². The Kier molecular flexibility index (Phi) is 4.89. The molecule has 3 amide bonds. The second-order valence-electron chi connectivity index (χ2n) is 8.78. The maximum Gasteiger partial charge on any atom is 0.262 e. The third kappa shape index (κ3) is 3.22. The van der Waals surface area contributed by atoms with Gasteiger partial charge in [-0.2, -0.15) is 0 Å². The van der Waals surface area contributed by atoms with Gasteiger partial charge in [-0.3, -0.25) is 19.3 Å². The molecule has 3 unspecified atom stereocenters. The predicted molar refractivity (Wildman–Crippen MR) is 113 cm³/mol. The first-order chi connectivity index (χ1) is 14.6. The molecule has 0 bridgehead atoms. The molecule has 0 aromatic heterocycles. The summed E-state index contributed by atoms with van der Waals surface area (Å²) in [5.41, 5.74) is 1.73. The Bertz CT molecular complexity index is 938. The van der Waals surface area contributed by atoms with Gasteiger partial charge >= 0.3 is 0 Å². The Balaban J connectivity index is 1.46. The fourth-order valence-corrected chi connectivity index (χ4v) is 5.41. The Hall–Kier alpha value is -2.95. The molecular formula is C25H26N2O3. The lowest BCUT2D eigenvalue weighted by Crippen LogP contribution is -2.51. The van der Waals surface area contributed by atoms with Crippen LogP contribution in [0.2, 0.25) is 0 Å². The third-order valence-corrected chi connectivity index (χ3v) is 6.98. The molecule has 1 saturated carbocycles. The van der Waals surface area contributed by atoms with E-state index in [1.165, 1.54) is 30.6 Å². The molecule has 5 rings (SSSR count). The van der Waals surface area contributed by atoms with E-state index in [1.807, 2.05) is 35.2 Å². The normalized spacial score (nSPS) is 24.0. The van der Waals surface area contributed by atoms with E-state index in [9.17, 15) is 14.4 Å². The maximum absolute atomic E-state index is 13.7. The van der Waals surface area contributed by atoms with Crippen molar-refractivity contribution in [2.75, 3.05) is 13.1 Å². The van der Waals surface area contributed by atoms with Crippen LogP contribution in [0, 0.1) is 11.8 Å². The van der Waals surface area contributed by atoms with Crippen molar-refractivity contribution in [3.05, 3.63) is 71.3 Å². The molecule has 2 aliphatic heterocycles. The molecular weight excluding hydrogens is 376 g/mol. The quantitative estimate of drug-likeness (QED) is 0.735. The van der Waals surface area contributed by atoms with E-state index in [2.05, 4.69) is 0 Å². The lowest BCUT2D eigenvalue weighted by atomic mass is 9.82. The van der Waals surface area contributed by atoms with Crippen molar-refractivity contribution < 1.29 is 14.4 Å². The molecule has 5 nitrogen and oxygen atoms in total. The van der Waals surface area contributed by atoms with Crippen LogP contribution in [0.15, 0.2) is 54.6 Å². The van der Waals surface area contributed by atoms with Gasteiger partial charge < -0.3 is 4.90 Å². The van der Waals surface area contributed by atoms with Gasteiger partial charge in [0.1, 0.15) is 6.04 Å². The molecule has 2 aromatic carbocycles. The zero-order valence-electron chi connectivity index (χ0n) is 17.0. The van der Waals surface area contributed by atoms with Crippen molar-refractivity contribution in [3.8, 4) is 0 Å². The first-order valence-corrected chi connectivity index (χ1v) is 10.9. The van der Waals surface area contributed by atoms with Gasteiger partial charge in [-0.25, -0.2) is 0 Å². The summed E-state index contributed by atoms with van der Waals surface area (Å²) in [5.74, 6) is 0.301. The van der Waals surface area contributed by atoms with E-state index in [-0.39, 0.29) is 17.7 Å². The topological polar surface area (TPSA) is 57.7 Å². The van der Waals surface area contributed by atoms with Crippen molar-refractivity contribution in [2.45, 2.75) is 38.1 Å². The number of benzene rings is 2. The number of rotatable bonds is 4. The lowest BCUT2D eigenvalue weighted by Gasteiger charge is -2.29. The van der Waals surface area contributed by atoms with Crippen LogP contribution in [-0.4, -0.2) is 46.7 Å². The highest BCUT2D eigenvalue weighted by Crippen LogP contribution is 2.37. The molecule has 154 valence electrons. The summed E-state index contributed by atoms with van der Waals surface area (Å²) in [4.78, 5) is 43.1. The van der Waals surface area contributed by atoms with Crippen LogP contribution >= 0.6 is 0 Å². The molecule has 0 spiro atoms. The van der Waals surface area contributed by atoms with Crippen molar-refractivity contribution in [1.82, 2.24) is 9.80 Å². The molecule has 0 N–H and O–H groups in total. The Labute approximate surface area is 176 Å². The second-order valence-corrected chi connectivity index (χ2v) is 8.78. The van der Waals surface area contributed by atoms with Crippen LogP contribution in [0.4, 0.5) is 0 Å². The summed E-state index contributed by atoms with van der Waals surface area (Å²) in [6.07, 6.45) is 5.15. The predicted octanol–water partition coefficient (Wildman–Crippen LogP) is 3.54. The molecule has 2 fully saturated rings. The summed E-state index contributed by atoms with van der Waals surface area (Å²) in [6.45, 7) is 1.50. The smallest absolute Gasteiger partial charge is 0.262 e. The lowest BCUT2D eigenvalue weighted by molar-refractivity contribution is -0.134. The van der Waals surface area contributed by atoms with E-state index in [4.69, 9.17) is 0 Å². The van der Waals surface area contributed by atoms with E-state index < -0.39 is 6.04 Å². The standard InChI is InChI=1S/C25H26N2O3/c28-23-20-12-6-7-13-21(20)24(29)27(23)22(14-17-8-2-1-3-9-17)25(30)26-15-18-10-4-5-11-19(18)16-26/h1-3,6-9,12-13,18-19,22H,4-5,10-11,14-16H2. The minimum atomic E-state index is -0.806. The minimum Gasteiger partial charge on any atom is -0.340 e. The van der Waals surface area contributed by atoms with Crippen molar-refractivity contribution in [3.63, 3.8) is 0 Å². The molecule has 2 heterocycles. The Morgan fingerprint density at radius 1 is 0.833 bits per heavy atom. The van der Waals surface area contributed by atoms with Gasteiger partial charge in [0, 0.05) is 19.5 Å². The monoisotopic (exact) mass is 402 g/mol. The fourth-order valence-electron chi connectivity index (χ4n) is 5.41. The molecule has 30 heavy (non-hydrogen) atoms. The average Bonchev–Trinajstić information content (AvgIpc) is 3.32. The maximum atomic E-state index is 13.7. The van der Waals surface area contributed by atoms with E-state index in [0.29, 0.717) is 29.4 Å². The highest BCUT2D eigenvalue weighted by atomic mass is 16.2. The minimum absolute atomic E-state index is 0.0947. The molecule has 2 aromatic rings. The van der Waals surface area contributed by atoms with E-state index >= 15 is 0 Å². The number of hydrogen-bond donors (Lipinski definition) is 0.